The van der Waals surface area contributed by atoms with Gasteiger partial charge in [0.2, 0.25) is 5.78 Å². The van der Waals surface area contributed by atoms with Gasteiger partial charge >= 0.3 is 6.18 Å². The number of hydrogen-bond donors (Lipinski definition) is 1. The van der Waals surface area contributed by atoms with Crippen LogP contribution in [-0.2, 0) is 30.8 Å². The minimum atomic E-state index is -4.95. The molecule has 1 heterocycles. The van der Waals surface area contributed by atoms with Gasteiger partial charge in [0.05, 0.1) is 26.2 Å². The summed E-state index contributed by atoms with van der Waals surface area (Å²) in [6.07, 6.45) is -2.89. The van der Waals surface area contributed by atoms with Crippen LogP contribution < -0.4 is 9.62 Å². The van der Waals surface area contributed by atoms with Crippen molar-refractivity contribution in [3.63, 3.8) is 0 Å². The number of ether oxygens (including phenoxy) is 1. The SMILES string of the molecule is COCN(c1cc(Cl)cnc1C(=O)c1ccccc1NCS(C)(=O)=O)S(=O)(=O)c1ccc(Cl)c(C(F)(F)F)c1. The van der Waals surface area contributed by atoms with Crippen molar-refractivity contribution in [2.45, 2.75) is 11.1 Å². The molecule has 3 aromatic rings. The first-order chi connectivity index (χ1) is 18.1. The maximum Gasteiger partial charge on any atom is 0.417 e. The Morgan fingerprint density at radius 1 is 1.08 bits per heavy atom. The van der Waals surface area contributed by atoms with Crippen molar-refractivity contribution in [1.82, 2.24) is 4.98 Å². The number of hydrogen-bond acceptors (Lipinski definition) is 8. The summed E-state index contributed by atoms with van der Waals surface area (Å²) >= 11 is 11.7. The van der Waals surface area contributed by atoms with Crippen molar-refractivity contribution in [3.05, 3.63) is 81.6 Å². The summed E-state index contributed by atoms with van der Waals surface area (Å²) in [4.78, 5) is 16.8. The second-order valence-electron chi connectivity index (χ2n) is 8.05. The Morgan fingerprint density at radius 2 is 1.74 bits per heavy atom. The minimum absolute atomic E-state index is 0.0576. The zero-order valence-corrected chi connectivity index (χ0v) is 23.3. The molecule has 16 heteroatoms. The van der Waals surface area contributed by atoms with Crippen molar-refractivity contribution in [3.8, 4) is 0 Å². The first-order valence-corrected chi connectivity index (χ1v) is 14.9. The van der Waals surface area contributed by atoms with Crippen LogP contribution in [-0.4, -0.2) is 53.6 Å². The molecule has 0 spiro atoms. The van der Waals surface area contributed by atoms with Crippen LogP contribution in [0.4, 0.5) is 24.5 Å². The molecule has 39 heavy (non-hydrogen) atoms. The van der Waals surface area contributed by atoms with E-state index in [2.05, 4.69) is 10.3 Å². The lowest BCUT2D eigenvalue weighted by atomic mass is 10.0. The number of sulfone groups is 1. The second-order valence-corrected chi connectivity index (χ2v) is 12.9. The fourth-order valence-corrected chi connectivity index (χ4v) is 5.56. The largest absolute Gasteiger partial charge is 0.417 e. The molecule has 9 nitrogen and oxygen atoms in total. The molecule has 0 amide bonds. The van der Waals surface area contributed by atoms with Gasteiger partial charge in [-0.25, -0.2) is 26.1 Å². The molecule has 0 saturated heterocycles. The number of nitrogens with one attached hydrogen (secondary N) is 1. The lowest BCUT2D eigenvalue weighted by Gasteiger charge is -2.26. The molecule has 0 aliphatic carbocycles. The van der Waals surface area contributed by atoms with E-state index in [0.29, 0.717) is 10.4 Å². The van der Waals surface area contributed by atoms with Crippen LogP contribution in [0.25, 0.3) is 0 Å². The van der Waals surface area contributed by atoms with E-state index in [4.69, 9.17) is 27.9 Å². The van der Waals surface area contributed by atoms with E-state index in [1.807, 2.05) is 0 Å². The number of carbonyl (C=O) groups is 1. The highest BCUT2D eigenvalue weighted by Gasteiger charge is 2.36. The lowest BCUT2D eigenvalue weighted by Crippen LogP contribution is -2.34. The monoisotopic (exact) mass is 625 g/mol. The Bertz CT molecular complexity index is 1620. The van der Waals surface area contributed by atoms with Crippen LogP contribution in [0.15, 0.2) is 59.6 Å². The third-order valence-corrected chi connectivity index (χ3v) is 8.03. The second kappa shape index (κ2) is 11.7. The fraction of sp³-hybridized carbons (Fsp3) is 0.217. The molecule has 0 aliphatic heterocycles. The smallest absolute Gasteiger partial charge is 0.371 e. The molecule has 0 aliphatic rings. The zero-order chi connectivity index (χ0) is 29.2. The summed E-state index contributed by atoms with van der Waals surface area (Å²) in [5.74, 6) is -1.33. The third kappa shape index (κ3) is 7.19. The predicted molar refractivity (Wildman–Crippen MR) is 140 cm³/mol. The summed E-state index contributed by atoms with van der Waals surface area (Å²) in [6.45, 7) is -0.734. The van der Waals surface area contributed by atoms with Crippen molar-refractivity contribution in [1.29, 1.82) is 0 Å². The van der Waals surface area contributed by atoms with Gasteiger partial charge in [0.25, 0.3) is 10.0 Å². The van der Waals surface area contributed by atoms with E-state index in [0.717, 1.165) is 37.8 Å². The van der Waals surface area contributed by atoms with E-state index >= 15 is 0 Å². The first kappa shape index (κ1) is 30.6. The average Bonchev–Trinajstić information content (AvgIpc) is 2.84. The molecule has 210 valence electrons. The van der Waals surface area contributed by atoms with E-state index in [1.54, 1.807) is 0 Å². The Balaban J connectivity index is 2.18. The van der Waals surface area contributed by atoms with Crippen molar-refractivity contribution in [2.75, 3.05) is 35.6 Å². The summed E-state index contributed by atoms with van der Waals surface area (Å²) in [6, 6.07) is 8.94. The highest BCUT2D eigenvalue weighted by molar-refractivity contribution is 7.92. The average molecular weight is 626 g/mol. The molecule has 0 saturated carbocycles. The number of carbonyl (C=O) groups excluding carboxylic acids is 1. The van der Waals surface area contributed by atoms with Gasteiger partial charge in [0.1, 0.15) is 18.3 Å². The van der Waals surface area contributed by atoms with Crippen molar-refractivity contribution in [2.24, 2.45) is 0 Å². The topological polar surface area (TPSA) is 123 Å². The molecule has 3 rings (SSSR count). The van der Waals surface area contributed by atoms with Crippen LogP contribution >= 0.6 is 23.2 Å². The number of sulfonamides is 1. The predicted octanol–water partition coefficient (Wildman–Crippen LogP) is 4.85. The van der Waals surface area contributed by atoms with E-state index in [1.165, 1.54) is 24.3 Å². The molecule has 1 N–H and O–H groups in total. The number of methoxy groups -OCH3 is 1. The maximum absolute atomic E-state index is 13.6. The van der Waals surface area contributed by atoms with Crippen LogP contribution in [0.3, 0.4) is 0 Å². The molecular formula is C23H20Cl2F3N3O6S2. The Kier molecular flexibility index (Phi) is 9.17. The fourth-order valence-electron chi connectivity index (χ4n) is 3.36. The van der Waals surface area contributed by atoms with Crippen LogP contribution in [0.2, 0.25) is 10.0 Å². The van der Waals surface area contributed by atoms with Crippen molar-refractivity contribution < 1.29 is 39.5 Å². The van der Waals surface area contributed by atoms with E-state index < -0.39 is 71.3 Å². The van der Waals surface area contributed by atoms with Gasteiger partial charge in [0.15, 0.2) is 9.84 Å². The third-order valence-electron chi connectivity index (χ3n) is 5.09. The summed E-state index contributed by atoms with van der Waals surface area (Å²) in [5.41, 5.74) is -2.16. The Hall–Kier alpha value is -2.91. The zero-order valence-electron chi connectivity index (χ0n) is 20.2. The highest BCUT2D eigenvalue weighted by Crippen LogP contribution is 2.38. The van der Waals surface area contributed by atoms with Crippen LogP contribution in [0.5, 0.6) is 0 Å². The number of halogens is 5. The van der Waals surface area contributed by atoms with Gasteiger partial charge in [-0.3, -0.25) is 4.79 Å². The van der Waals surface area contributed by atoms with E-state index in [-0.39, 0.29) is 16.3 Å². The lowest BCUT2D eigenvalue weighted by molar-refractivity contribution is -0.137. The van der Waals surface area contributed by atoms with Crippen LogP contribution in [0, 0.1) is 0 Å². The highest BCUT2D eigenvalue weighted by atomic mass is 35.5. The Morgan fingerprint density at radius 3 is 2.36 bits per heavy atom. The molecule has 0 fully saturated rings. The van der Waals surface area contributed by atoms with Crippen LogP contribution in [0.1, 0.15) is 21.6 Å². The number of nitrogens with zero attached hydrogens (tertiary/aromatic N) is 2. The van der Waals surface area contributed by atoms with E-state index in [9.17, 15) is 34.8 Å². The number of alkyl halides is 3. The number of rotatable bonds is 10. The molecule has 1 aromatic heterocycles. The van der Waals surface area contributed by atoms with Crippen molar-refractivity contribution >= 4 is 60.2 Å². The standard InChI is InChI=1S/C23H20Cl2F3N3O6S2/c1-37-13-31(39(35,36)15-7-8-18(25)17(10-15)23(26,27)28)20-9-14(24)11-29-21(20)22(32)16-5-3-4-6-19(16)30-12-38(2,33)34/h3-11,30H,12-13H2,1-2H3. The summed E-state index contributed by atoms with van der Waals surface area (Å²) < 4.78 is 96.3. The molecular weight excluding hydrogens is 606 g/mol. The molecule has 0 unspecified atom stereocenters. The Labute approximate surface area is 232 Å². The molecule has 0 bridgehead atoms. The van der Waals surface area contributed by atoms with Gasteiger partial charge in [-0.2, -0.15) is 13.2 Å². The van der Waals surface area contributed by atoms with Gasteiger partial charge in [-0.05, 0) is 36.4 Å². The molecule has 0 atom stereocenters. The normalized spacial score (nSPS) is 12.3. The molecule has 0 radical (unpaired) electrons. The minimum Gasteiger partial charge on any atom is -0.371 e. The summed E-state index contributed by atoms with van der Waals surface area (Å²) in [5, 5.41) is 1.83. The quantitative estimate of drug-likeness (QED) is 0.250. The number of pyridine rings is 1. The number of benzene rings is 2. The molecule has 2 aromatic carbocycles. The summed E-state index contributed by atoms with van der Waals surface area (Å²) in [7, 11) is -7.15. The number of para-hydroxylation sites is 1. The van der Waals surface area contributed by atoms with Gasteiger partial charge in [0, 0.05) is 30.8 Å². The number of ketones is 1. The van der Waals surface area contributed by atoms with Gasteiger partial charge < -0.3 is 10.1 Å². The first-order valence-electron chi connectivity index (χ1n) is 10.7. The maximum atomic E-state index is 13.6. The van der Waals surface area contributed by atoms with Gasteiger partial charge in [-0.15, -0.1) is 0 Å². The van der Waals surface area contributed by atoms with Gasteiger partial charge in [-0.1, -0.05) is 35.3 Å². The number of anilines is 2. The number of aromatic nitrogens is 1.